The Bertz CT molecular complexity index is 882. The number of likely N-dealkylation sites (tertiary alicyclic amines) is 1. The summed E-state index contributed by atoms with van der Waals surface area (Å²) in [7, 11) is 1.98. The van der Waals surface area contributed by atoms with E-state index in [1.165, 1.54) is 16.5 Å². The molecule has 138 valence electrons. The molecule has 0 unspecified atom stereocenters. The molecule has 0 spiro atoms. The van der Waals surface area contributed by atoms with E-state index in [9.17, 15) is 0 Å². The molecule has 4 rings (SSSR count). The minimum atomic E-state index is 0.466. The van der Waals surface area contributed by atoms with Crippen LogP contribution in [0.1, 0.15) is 29.7 Å². The second-order valence-electron chi connectivity index (χ2n) is 7.30. The lowest BCUT2D eigenvalue weighted by molar-refractivity contribution is 0.107. The predicted molar refractivity (Wildman–Crippen MR) is 102 cm³/mol. The van der Waals surface area contributed by atoms with Crippen molar-refractivity contribution < 1.29 is 9.15 Å². The number of aromatic nitrogens is 2. The van der Waals surface area contributed by atoms with E-state index in [-0.39, 0.29) is 0 Å². The van der Waals surface area contributed by atoms with Crippen molar-refractivity contribution in [3.8, 4) is 0 Å². The average molecular weight is 353 g/mol. The van der Waals surface area contributed by atoms with E-state index < -0.39 is 0 Å². The lowest BCUT2D eigenvalue weighted by Gasteiger charge is -2.16. The molecular formula is C21H27N3O2. The SMILES string of the molecule is CCOC[C@@H]1CN(Cc2c(C)oc3ccccc23)C[C@H]1c1cnn(C)c1. The highest BCUT2D eigenvalue weighted by Crippen LogP contribution is 2.35. The number of hydrogen-bond acceptors (Lipinski definition) is 4. The molecule has 2 atom stereocenters. The number of para-hydroxylation sites is 1. The van der Waals surface area contributed by atoms with Crippen molar-refractivity contribution in [3.05, 3.63) is 53.5 Å². The number of aryl methyl sites for hydroxylation is 2. The zero-order chi connectivity index (χ0) is 18.1. The molecule has 1 fully saturated rings. The molecule has 1 aliphatic rings. The van der Waals surface area contributed by atoms with E-state index in [1.807, 2.05) is 30.1 Å². The molecule has 2 aromatic heterocycles. The Morgan fingerprint density at radius 2 is 2.12 bits per heavy atom. The van der Waals surface area contributed by atoms with E-state index in [1.54, 1.807) is 0 Å². The summed E-state index contributed by atoms with van der Waals surface area (Å²) in [4.78, 5) is 2.53. The molecule has 5 nitrogen and oxygen atoms in total. The van der Waals surface area contributed by atoms with Crippen LogP contribution in [0.4, 0.5) is 0 Å². The van der Waals surface area contributed by atoms with Crippen molar-refractivity contribution in [2.45, 2.75) is 26.3 Å². The van der Waals surface area contributed by atoms with E-state index in [0.29, 0.717) is 11.8 Å². The fraction of sp³-hybridized carbons (Fsp3) is 0.476. The van der Waals surface area contributed by atoms with Gasteiger partial charge in [0, 0.05) is 62.3 Å². The van der Waals surface area contributed by atoms with Crippen molar-refractivity contribution in [3.63, 3.8) is 0 Å². The summed E-state index contributed by atoms with van der Waals surface area (Å²) in [5, 5.41) is 5.61. The maximum Gasteiger partial charge on any atom is 0.134 e. The van der Waals surface area contributed by atoms with Gasteiger partial charge in [0.1, 0.15) is 11.3 Å². The van der Waals surface area contributed by atoms with Gasteiger partial charge in [-0.1, -0.05) is 18.2 Å². The minimum Gasteiger partial charge on any atom is -0.461 e. The summed E-state index contributed by atoms with van der Waals surface area (Å²) in [6.45, 7) is 8.69. The van der Waals surface area contributed by atoms with Gasteiger partial charge in [-0.25, -0.2) is 0 Å². The Balaban J connectivity index is 1.56. The van der Waals surface area contributed by atoms with Crippen LogP contribution < -0.4 is 0 Å². The van der Waals surface area contributed by atoms with Crippen LogP contribution in [-0.2, 0) is 18.3 Å². The summed E-state index contributed by atoms with van der Waals surface area (Å²) in [5.41, 5.74) is 3.60. The molecular weight excluding hydrogens is 326 g/mol. The van der Waals surface area contributed by atoms with Crippen molar-refractivity contribution in [2.75, 3.05) is 26.3 Å². The molecule has 1 aromatic carbocycles. The minimum absolute atomic E-state index is 0.466. The fourth-order valence-electron chi connectivity index (χ4n) is 4.18. The second kappa shape index (κ2) is 7.25. The average Bonchev–Trinajstić information content (AvgIpc) is 3.31. The van der Waals surface area contributed by atoms with Gasteiger partial charge >= 0.3 is 0 Å². The first kappa shape index (κ1) is 17.3. The normalized spacial score (nSPS) is 21.0. The van der Waals surface area contributed by atoms with Crippen molar-refractivity contribution in [1.29, 1.82) is 0 Å². The molecule has 0 N–H and O–H groups in total. The number of rotatable bonds is 6. The van der Waals surface area contributed by atoms with Gasteiger partial charge in [0.15, 0.2) is 0 Å². The van der Waals surface area contributed by atoms with Gasteiger partial charge in [-0.3, -0.25) is 9.58 Å². The number of nitrogens with zero attached hydrogens (tertiary/aromatic N) is 3. The van der Waals surface area contributed by atoms with E-state index in [4.69, 9.17) is 9.15 Å². The lowest BCUT2D eigenvalue weighted by atomic mass is 9.92. The van der Waals surface area contributed by atoms with Gasteiger partial charge in [-0.05, 0) is 25.5 Å². The fourth-order valence-corrected chi connectivity index (χ4v) is 4.18. The molecule has 1 saturated heterocycles. The molecule has 5 heteroatoms. The molecule has 0 aliphatic carbocycles. The number of hydrogen-bond donors (Lipinski definition) is 0. The lowest BCUT2D eigenvalue weighted by Crippen LogP contribution is -2.21. The number of ether oxygens (including phenoxy) is 1. The van der Waals surface area contributed by atoms with Gasteiger partial charge in [0.25, 0.3) is 0 Å². The van der Waals surface area contributed by atoms with Crippen LogP contribution >= 0.6 is 0 Å². The van der Waals surface area contributed by atoms with Crippen molar-refractivity contribution in [2.24, 2.45) is 13.0 Å². The van der Waals surface area contributed by atoms with Crippen LogP contribution in [0.3, 0.4) is 0 Å². The quantitative estimate of drug-likeness (QED) is 0.677. The van der Waals surface area contributed by atoms with E-state index in [0.717, 1.165) is 44.2 Å². The van der Waals surface area contributed by atoms with Crippen LogP contribution in [0.15, 0.2) is 41.1 Å². The summed E-state index contributed by atoms with van der Waals surface area (Å²) < 4.78 is 13.6. The highest BCUT2D eigenvalue weighted by molar-refractivity contribution is 5.82. The zero-order valence-electron chi connectivity index (χ0n) is 15.8. The Hall–Kier alpha value is -2.11. The molecule has 0 bridgehead atoms. The van der Waals surface area contributed by atoms with Crippen molar-refractivity contribution in [1.82, 2.24) is 14.7 Å². The van der Waals surface area contributed by atoms with Crippen LogP contribution in [0, 0.1) is 12.8 Å². The standard InChI is InChI=1S/C21H27N3O2/c1-4-25-14-17-11-24(13-20(17)16-9-22-23(3)10-16)12-19-15(2)26-21-8-6-5-7-18(19)21/h5-10,17,20H,4,11-14H2,1-3H3/t17-,20-/m0/s1. The van der Waals surface area contributed by atoms with E-state index in [2.05, 4.69) is 42.2 Å². The summed E-state index contributed by atoms with van der Waals surface area (Å²) in [6.07, 6.45) is 4.15. The van der Waals surface area contributed by atoms with Gasteiger partial charge in [0.2, 0.25) is 0 Å². The maximum atomic E-state index is 5.95. The summed E-state index contributed by atoms with van der Waals surface area (Å²) in [6, 6.07) is 8.32. The second-order valence-corrected chi connectivity index (χ2v) is 7.30. The van der Waals surface area contributed by atoms with Gasteiger partial charge in [0.05, 0.1) is 12.8 Å². The largest absolute Gasteiger partial charge is 0.461 e. The van der Waals surface area contributed by atoms with Crippen molar-refractivity contribution >= 4 is 11.0 Å². The molecule has 26 heavy (non-hydrogen) atoms. The first-order chi connectivity index (χ1) is 12.7. The van der Waals surface area contributed by atoms with E-state index >= 15 is 0 Å². The Morgan fingerprint density at radius 3 is 2.88 bits per heavy atom. The number of benzene rings is 1. The highest BCUT2D eigenvalue weighted by Gasteiger charge is 2.35. The number of furan rings is 1. The van der Waals surface area contributed by atoms with Crippen LogP contribution in [0.25, 0.3) is 11.0 Å². The Morgan fingerprint density at radius 1 is 1.27 bits per heavy atom. The third-order valence-corrected chi connectivity index (χ3v) is 5.49. The third kappa shape index (κ3) is 3.29. The predicted octanol–water partition coefficient (Wildman–Crippen LogP) is 3.73. The van der Waals surface area contributed by atoms with Gasteiger partial charge in [-0.15, -0.1) is 0 Å². The van der Waals surface area contributed by atoms with Crippen LogP contribution in [0.2, 0.25) is 0 Å². The van der Waals surface area contributed by atoms with Crippen LogP contribution in [0.5, 0.6) is 0 Å². The Labute approximate surface area is 154 Å². The molecule has 3 aromatic rings. The molecule has 3 heterocycles. The third-order valence-electron chi connectivity index (χ3n) is 5.49. The molecule has 0 saturated carbocycles. The highest BCUT2D eigenvalue weighted by atomic mass is 16.5. The zero-order valence-corrected chi connectivity index (χ0v) is 15.8. The molecule has 0 amide bonds. The molecule has 1 aliphatic heterocycles. The smallest absolute Gasteiger partial charge is 0.134 e. The monoisotopic (exact) mass is 353 g/mol. The summed E-state index contributed by atoms with van der Waals surface area (Å²) >= 11 is 0. The van der Waals surface area contributed by atoms with Gasteiger partial charge < -0.3 is 9.15 Å². The maximum absolute atomic E-state index is 5.95. The first-order valence-electron chi connectivity index (χ1n) is 9.41. The topological polar surface area (TPSA) is 43.4 Å². The first-order valence-corrected chi connectivity index (χ1v) is 9.41. The Kier molecular flexibility index (Phi) is 4.83. The molecule has 0 radical (unpaired) electrons. The number of fused-ring (bicyclic) bond motifs is 1. The van der Waals surface area contributed by atoms with Crippen LogP contribution in [-0.4, -0.2) is 41.0 Å². The summed E-state index contributed by atoms with van der Waals surface area (Å²) in [5.74, 6) is 1.99. The van der Waals surface area contributed by atoms with Gasteiger partial charge in [-0.2, -0.15) is 5.10 Å².